The van der Waals surface area contributed by atoms with E-state index in [0.29, 0.717) is 18.0 Å². The van der Waals surface area contributed by atoms with E-state index >= 15 is 0 Å². The van der Waals surface area contributed by atoms with Gasteiger partial charge >= 0.3 is 6.18 Å². The molecule has 0 aliphatic rings. The second-order valence-electron chi connectivity index (χ2n) is 4.84. The van der Waals surface area contributed by atoms with Crippen molar-refractivity contribution in [2.45, 2.75) is 19.5 Å². The van der Waals surface area contributed by atoms with Gasteiger partial charge in [0.05, 0.1) is 12.0 Å². The average Bonchev–Trinajstić information content (AvgIpc) is 2.36. The van der Waals surface area contributed by atoms with Crippen LogP contribution in [-0.4, -0.2) is 26.0 Å². The minimum absolute atomic E-state index is 0.0877. The summed E-state index contributed by atoms with van der Waals surface area (Å²) in [4.78, 5) is 11.6. The van der Waals surface area contributed by atoms with E-state index in [0.717, 1.165) is 18.7 Å². The maximum Gasteiger partial charge on any atom is 0.416 e. The van der Waals surface area contributed by atoms with Crippen LogP contribution in [0.5, 0.6) is 0 Å². The lowest BCUT2D eigenvalue weighted by molar-refractivity contribution is -0.137. The first-order valence-electron chi connectivity index (χ1n) is 6.40. The van der Waals surface area contributed by atoms with Crippen LogP contribution in [0.4, 0.5) is 13.2 Å². The molecule has 1 aromatic rings. The fourth-order valence-corrected chi connectivity index (χ4v) is 1.77. The highest BCUT2D eigenvalue weighted by molar-refractivity contribution is 5.78. The smallest absolute Gasteiger partial charge is 0.355 e. The van der Waals surface area contributed by atoms with E-state index in [-0.39, 0.29) is 12.3 Å². The van der Waals surface area contributed by atoms with Gasteiger partial charge in [0.25, 0.3) is 0 Å². The molecule has 1 atom stereocenters. The van der Waals surface area contributed by atoms with Crippen molar-refractivity contribution >= 4 is 5.91 Å². The number of hydrogen-bond donors (Lipinski definition) is 2. The molecule has 0 bridgehead atoms. The van der Waals surface area contributed by atoms with Crippen molar-refractivity contribution in [2.75, 3.05) is 20.1 Å². The van der Waals surface area contributed by atoms with Crippen LogP contribution in [0.25, 0.3) is 0 Å². The number of hydrogen-bond acceptors (Lipinski definition) is 2. The van der Waals surface area contributed by atoms with E-state index in [4.69, 9.17) is 0 Å². The Hall–Kier alpha value is -1.56. The molecule has 0 spiro atoms. The van der Waals surface area contributed by atoms with Gasteiger partial charge in [-0.15, -0.1) is 0 Å². The highest BCUT2D eigenvalue weighted by Crippen LogP contribution is 2.29. The molecule has 2 N–H and O–H groups in total. The van der Waals surface area contributed by atoms with Crippen LogP contribution in [0.1, 0.15) is 18.1 Å². The van der Waals surface area contributed by atoms with E-state index in [1.165, 1.54) is 12.1 Å². The zero-order chi connectivity index (χ0) is 15.2. The zero-order valence-corrected chi connectivity index (χ0v) is 11.6. The molecule has 0 saturated carbocycles. The van der Waals surface area contributed by atoms with E-state index in [1.54, 1.807) is 0 Å². The summed E-state index contributed by atoms with van der Waals surface area (Å²) in [5.41, 5.74) is -0.138. The van der Waals surface area contributed by atoms with Crippen molar-refractivity contribution in [3.63, 3.8) is 0 Å². The molecule has 0 aromatic heterocycles. The number of amides is 1. The number of carbonyl (C=O) groups is 1. The molecule has 3 nitrogen and oxygen atoms in total. The van der Waals surface area contributed by atoms with Crippen molar-refractivity contribution in [1.29, 1.82) is 0 Å². The van der Waals surface area contributed by atoms with Gasteiger partial charge in [-0.1, -0.05) is 19.1 Å². The molecule has 0 aliphatic carbocycles. The number of nitrogens with one attached hydrogen (secondary N) is 2. The first-order valence-corrected chi connectivity index (χ1v) is 6.40. The van der Waals surface area contributed by atoms with E-state index < -0.39 is 11.7 Å². The summed E-state index contributed by atoms with van der Waals surface area (Å²) in [5, 5.41) is 5.76. The number of alkyl halides is 3. The van der Waals surface area contributed by atoms with E-state index in [2.05, 4.69) is 10.6 Å². The summed E-state index contributed by atoms with van der Waals surface area (Å²) in [6.45, 7) is 3.33. The highest BCUT2D eigenvalue weighted by atomic mass is 19.4. The second kappa shape index (κ2) is 7.28. The van der Waals surface area contributed by atoms with Gasteiger partial charge in [-0.05, 0) is 37.2 Å². The van der Waals surface area contributed by atoms with Crippen LogP contribution in [0, 0.1) is 5.92 Å². The lowest BCUT2D eigenvalue weighted by Gasteiger charge is -2.12. The lowest BCUT2D eigenvalue weighted by atomic mass is 10.1. The van der Waals surface area contributed by atoms with E-state index in [9.17, 15) is 18.0 Å². The standard InChI is InChI=1S/C14H19F3N2O/c1-10(8-18-2)9-19-13(20)7-11-3-5-12(6-4-11)14(15,16)17/h3-6,10,18H,7-9H2,1-2H3,(H,19,20). The summed E-state index contributed by atoms with van der Waals surface area (Å²) in [5.74, 6) is 0.115. The maximum absolute atomic E-state index is 12.4. The van der Waals surface area contributed by atoms with Crippen molar-refractivity contribution < 1.29 is 18.0 Å². The molecule has 0 radical (unpaired) electrons. The number of benzene rings is 1. The van der Waals surface area contributed by atoms with Crippen molar-refractivity contribution in [3.8, 4) is 0 Å². The van der Waals surface area contributed by atoms with Crippen LogP contribution >= 0.6 is 0 Å². The Morgan fingerprint density at radius 3 is 2.30 bits per heavy atom. The maximum atomic E-state index is 12.4. The van der Waals surface area contributed by atoms with Gasteiger partial charge in [0.15, 0.2) is 0 Å². The number of halogens is 3. The average molecular weight is 288 g/mol. The molecular formula is C14H19F3N2O. The molecular weight excluding hydrogens is 269 g/mol. The summed E-state index contributed by atoms with van der Waals surface area (Å²) in [6.07, 6.45) is -4.26. The normalized spacial score (nSPS) is 13.1. The summed E-state index contributed by atoms with van der Waals surface area (Å²) in [7, 11) is 1.83. The van der Waals surface area contributed by atoms with Gasteiger partial charge in [0.1, 0.15) is 0 Å². The van der Waals surface area contributed by atoms with Gasteiger partial charge < -0.3 is 10.6 Å². The van der Waals surface area contributed by atoms with Crippen LogP contribution < -0.4 is 10.6 Å². The second-order valence-corrected chi connectivity index (χ2v) is 4.84. The first kappa shape index (κ1) is 16.5. The van der Waals surface area contributed by atoms with E-state index in [1.807, 2.05) is 14.0 Å². The Morgan fingerprint density at radius 1 is 1.20 bits per heavy atom. The number of rotatable bonds is 6. The molecule has 0 aliphatic heterocycles. The molecule has 20 heavy (non-hydrogen) atoms. The monoisotopic (exact) mass is 288 g/mol. The predicted molar refractivity (Wildman–Crippen MR) is 71.2 cm³/mol. The third kappa shape index (κ3) is 5.61. The topological polar surface area (TPSA) is 41.1 Å². The van der Waals surface area contributed by atoms with Gasteiger partial charge in [-0.25, -0.2) is 0 Å². The summed E-state index contributed by atoms with van der Waals surface area (Å²) < 4.78 is 37.1. The quantitative estimate of drug-likeness (QED) is 0.842. The Kier molecular flexibility index (Phi) is 6.01. The molecule has 6 heteroatoms. The van der Waals surface area contributed by atoms with Crippen molar-refractivity contribution in [2.24, 2.45) is 5.92 Å². The molecule has 1 aromatic carbocycles. The van der Waals surface area contributed by atoms with Gasteiger partial charge in [0.2, 0.25) is 5.91 Å². The fourth-order valence-electron chi connectivity index (χ4n) is 1.77. The molecule has 112 valence electrons. The molecule has 1 unspecified atom stereocenters. The van der Waals surface area contributed by atoms with Crippen molar-refractivity contribution in [1.82, 2.24) is 10.6 Å². The molecule has 0 fully saturated rings. The highest BCUT2D eigenvalue weighted by Gasteiger charge is 2.29. The SMILES string of the molecule is CNCC(C)CNC(=O)Cc1ccc(C(F)(F)F)cc1. The minimum atomic E-state index is -4.34. The Morgan fingerprint density at radius 2 is 1.80 bits per heavy atom. The Bertz CT molecular complexity index is 429. The molecule has 1 amide bonds. The molecule has 0 heterocycles. The lowest BCUT2D eigenvalue weighted by Crippen LogP contribution is -2.33. The van der Waals surface area contributed by atoms with Gasteiger partial charge in [0, 0.05) is 6.54 Å². The van der Waals surface area contributed by atoms with Crippen molar-refractivity contribution in [3.05, 3.63) is 35.4 Å². The fraction of sp³-hybridized carbons (Fsp3) is 0.500. The molecule has 1 rings (SSSR count). The zero-order valence-electron chi connectivity index (χ0n) is 11.6. The largest absolute Gasteiger partial charge is 0.416 e. The summed E-state index contributed by atoms with van der Waals surface area (Å²) >= 11 is 0. The van der Waals surface area contributed by atoms with Crippen LogP contribution in [0.3, 0.4) is 0 Å². The third-order valence-corrected chi connectivity index (χ3v) is 2.85. The predicted octanol–water partition coefficient (Wildman–Crippen LogP) is 2.22. The van der Waals surface area contributed by atoms with Gasteiger partial charge in [-0.2, -0.15) is 13.2 Å². The number of carbonyl (C=O) groups excluding carboxylic acids is 1. The molecule has 0 saturated heterocycles. The third-order valence-electron chi connectivity index (χ3n) is 2.85. The van der Waals surface area contributed by atoms with Crippen LogP contribution in [-0.2, 0) is 17.4 Å². The van der Waals surface area contributed by atoms with Crippen LogP contribution in [0.15, 0.2) is 24.3 Å². The first-order chi connectivity index (χ1) is 9.32. The summed E-state index contributed by atoms with van der Waals surface area (Å²) in [6, 6.07) is 4.65. The van der Waals surface area contributed by atoms with Crippen LogP contribution in [0.2, 0.25) is 0 Å². The van der Waals surface area contributed by atoms with Gasteiger partial charge in [-0.3, -0.25) is 4.79 Å². The Labute approximate surface area is 116 Å². The minimum Gasteiger partial charge on any atom is -0.355 e. The Balaban J connectivity index is 2.46.